The van der Waals surface area contributed by atoms with Crippen LogP contribution in [-0.4, -0.2) is 31.6 Å². The number of carbonyl (C=O) groups is 1. The fourth-order valence-electron chi connectivity index (χ4n) is 2.38. The van der Waals surface area contributed by atoms with Gasteiger partial charge in [0.2, 0.25) is 5.89 Å². The fourth-order valence-corrected chi connectivity index (χ4v) is 3.56. The average molecular weight is 387 g/mol. The Morgan fingerprint density at radius 2 is 1.78 bits per heavy atom. The smallest absolute Gasteiger partial charge is 0.309 e. The van der Waals surface area contributed by atoms with Gasteiger partial charge in [0.1, 0.15) is 11.5 Å². The number of nitrogens with one attached hydrogen (secondary N) is 1. The molecule has 9 heteroatoms. The molecule has 0 bridgehead atoms. The van der Waals surface area contributed by atoms with Crippen LogP contribution in [0, 0.1) is 0 Å². The number of aromatic nitrogens is 2. The molecular weight excluding hydrogens is 370 g/mol. The maximum Gasteiger partial charge on any atom is 0.309 e. The number of sulfone groups is 1. The third-order valence-electron chi connectivity index (χ3n) is 3.71. The van der Waals surface area contributed by atoms with Gasteiger partial charge in [0.05, 0.1) is 12.0 Å². The highest BCUT2D eigenvalue weighted by atomic mass is 32.2. The maximum absolute atomic E-state index is 12.3. The minimum absolute atomic E-state index is 0.144. The Labute approximate surface area is 156 Å². The largest absolute Gasteiger partial charge is 0.496 e. The number of carbonyl (C=O) groups excluding carboxylic acids is 1. The van der Waals surface area contributed by atoms with Crippen LogP contribution in [0.25, 0.3) is 0 Å². The molecule has 0 saturated heterocycles. The van der Waals surface area contributed by atoms with Gasteiger partial charge in [-0.1, -0.05) is 36.4 Å². The van der Waals surface area contributed by atoms with Crippen LogP contribution in [0.4, 0.5) is 0 Å². The van der Waals surface area contributed by atoms with Crippen molar-refractivity contribution in [1.29, 1.82) is 0 Å². The van der Waals surface area contributed by atoms with E-state index < -0.39 is 21.5 Å². The quantitative estimate of drug-likeness (QED) is 0.660. The molecule has 2 aromatic carbocycles. The predicted molar refractivity (Wildman–Crippen MR) is 95.8 cm³/mol. The topological polar surface area (TPSA) is 111 Å². The summed E-state index contributed by atoms with van der Waals surface area (Å²) in [5.74, 6) is -0.900. The summed E-state index contributed by atoms with van der Waals surface area (Å²) in [6.07, 6.45) is 0. The summed E-state index contributed by atoms with van der Waals surface area (Å²) in [6, 6.07) is 15.2. The van der Waals surface area contributed by atoms with E-state index in [0.29, 0.717) is 5.75 Å². The number of rotatable bonds is 7. The van der Waals surface area contributed by atoms with E-state index in [9.17, 15) is 13.2 Å². The van der Waals surface area contributed by atoms with Crippen LogP contribution in [0.1, 0.15) is 22.1 Å². The first kappa shape index (κ1) is 18.6. The SMILES string of the molecule is COc1ccccc1CNC(=O)c1nnc(CS(=O)(=O)c2ccccc2)o1. The normalized spacial score (nSPS) is 11.1. The van der Waals surface area contributed by atoms with Crippen molar-refractivity contribution in [3.63, 3.8) is 0 Å². The Morgan fingerprint density at radius 3 is 2.52 bits per heavy atom. The Kier molecular flexibility index (Phi) is 5.51. The first-order chi connectivity index (χ1) is 13.0. The van der Waals surface area contributed by atoms with Gasteiger partial charge in [-0.05, 0) is 18.2 Å². The fraction of sp³-hybridized carbons (Fsp3) is 0.167. The molecular formula is C18H17N3O5S. The highest BCUT2D eigenvalue weighted by molar-refractivity contribution is 7.90. The van der Waals surface area contributed by atoms with Gasteiger partial charge in [0, 0.05) is 12.1 Å². The zero-order valence-corrected chi connectivity index (χ0v) is 15.3. The van der Waals surface area contributed by atoms with Crippen LogP contribution in [0.3, 0.4) is 0 Å². The van der Waals surface area contributed by atoms with Crippen molar-refractivity contribution < 1.29 is 22.4 Å². The molecule has 3 rings (SSSR count). The Bertz CT molecular complexity index is 1030. The lowest BCUT2D eigenvalue weighted by atomic mass is 10.2. The van der Waals surface area contributed by atoms with Gasteiger partial charge < -0.3 is 14.5 Å². The number of ether oxygens (including phenoxy) is 1. The van der Waals surface area contributed by atoms with Crippen molar-refractivity contribution in [3.05, 3.63) is 71.9 Å². The van der Waals surface area contributed by atoms with Crippen LogP contribution >= 0.6 is 0 Å². The summed E-state index contributed by atoms with van der Waals surface area (Å²) in [5, 5.41) is 9.91. The second kappa shape index (κ2) is 8.00. The molecule has 1 heterocycles. The lowest BCUT2D eigenvalue weighted by molar-refractivity contribution is 0.0914. The van der Waals surface area contributed by atoms with Crippen molar-refractivity contribution in [3.8, 4) is 5.75 Å². The second-order valence-electron chi connectivity index (χ2n) is 5.57. The number of hydrogen-bond donors (Lipinski definition) is 1. The zero-order valence-electron chi connectivity index (χ0n) is 14.5. The molecule has 0 atom stereocenters. The van der Waals surface area contributed by atoms with Crippen molar-refractivity contribution >= 4 is 15.7 Å². The number of methoxy groups -OCH3 is 1. The molecule has 1 amide bonds. The van der Waals surface area contributed by atoms with Gasteiger partial charge in [0.25, 0.3) is 0 Å². The van der Waals surface area contributed by atoms with E-state index in [1.807, 2.05) is 18.2 Å². The van der Waals surface area contributed by atoms with E-state index in [4.69, 9.17) is 9.15 Å². The van der Waals surface area contributed by atoms with Gasteiger partial charge in [-0.3, -0.25) is 4.79 Å². The van der Waals surface area contributed by atoms with Gasteiger partial charge in [-0.15, -0.1) is 10.2 Å². The summed E-state index contributed by atoms with van der Waals surface area (Å²) in [6.45, 7) is 0.197. The van der Waals surface area contributed by atoms with Crippen LogP contribution < -0.4 is 10.1 Å². The molecule has 140 valence electrons. The van der Waals surface area contributed by atoms with Crippen LogP contribution in [0.15, 0.2) is 63.9 Å². The summed E-state index contributed by atoms with van der Waals surface area (Å²) >= 11 is 0. The molecule has 0 aliphatic heterocycles. The maximum atomic E-state index is 12.3. The minimum Gasteiger partial charge on any atom is -0.496 e. The summed E-state index contributed by atoms with van der Waals surface area (Å²) in [4.78, 5) is 12.3. The predicted octanol–water partition coefficient (Wildman–Crippen LogP) is 1.98. The van der Waals surface area contributed by atoms with Crippen LogP contribution in [0.5, 0.6) is 5.75 Å². The van der Waals surface area contributed by atoms with E-state index in [1.165, 1.54) is 19.2 Å². The third kappa shape index (κ3) is 4.50. The second-order valence-corrected chi connectivity index (χ2v) is 7.56. The van der Waals surface area contributed by atoms with E-state index in [0.717, 1.165) is 5.56 Å². The van der Waals surface area contributed by atoms with E-state index in [2.05, 4.69) is 15.5 Å². The van der Waals surface area contributed by atoms with Crippen molar-refractivity contribution in [2.45, 2.75) is 17.2 Å². The number of para-hydroxylation sites is 1. The number of amides is 1. The Morgan fingerprint density at radius 1 is 1.07 bits per heavy atom. The Hall–Kier alpha value is -3.20. The molecule has 27 heavy (non-hydrogen) atoms. The zero-order chi connectivity index (χ0) is 19.3. The molecule has 1 N–H and O–H groups in total. The van der Waals surface area contributed by atoms with E-state index in [1.54, 1.807) is 24.3 Å². The van der Waals surface area contributed by atoms with E-state index >= 15 is 0 Å². The molecule has 0 saturated carbocycles. The number of nitrogens with zero attached hydrogens (tertiary/aromatic N) is 2. The van der Waals surface area contributed by atoms with Crippen molar-refractivity contribution in [2.24, 2.45) is 0 Å². The molecule has 3 aromatic rings. The van der Waals surface area contributed by atoms with Gasteiger partial charge >= 0.3 is 11.8 Å². The van der Waals surface area contributed by atoms with Gasteiger partial charge in [0.15, 0.2) is 9.84 Å². The average Bonchev–Trinajstić information content (AvgIpc) is 3.15. The first-order valence-electron chi connectivity index (χ1n) is 8.00. The van der Waals surface area contributed by atoms with Gasteiger partial charge in [-0.25, -0.2) is 8.42 Å². The third-order valence-corrected chi connectivity index (χ3v) is 5.33. The monoisotopic (exact) mass is 387 g/mol. The lowest BCUT2D eigenvalue weighted by Crippen LogP contribution is -2.23. The van der Waals surface area contributed by atoms with Crippen molar-refractivity contribution in [1.82, 2.24) is 15.5 Å². The highest BCUT2D eigenvalue weighted by Gasteiger charge is 2.21. The van der Waals surface area contributed by atoms with Crippen LogP contribution in [0.2, 0.25) is 0 Å². The van der Waals surface area contributed by atoms with Crippen molar-refractivity contribution in [2.75, 3.05) is 7.11 Å². The standard InChI is InChI=1S/C18H17N3O5S/c1-25-15-10-6-5-7-13(15)11-19-17(22)18-21-20-16(26-18)12-27(23,24)14-8-3-2-4-9-14/h2-10H,11-12H2,1H3,(H,19,22). The van der Waals surface area contributed by atoms with Crippen LogP contribution in [-0.2, 0) is 22.1 Å². The molecule has 8 nitrogen and oxygen atoms in total. The van der Waals surface area contributed by atoms with E-state index in [-0.39, 0.29) is 23.2 Å². The summed E-state index contributed by atoms with van der Waals surface area (Å²) in [5.41, 5.74) is 0.778. The highest BCUT2D eigenvalue weighted by Crippen LogP contribution is 2.17. The Balaban J connectivity index is 1.66. The summed E-state index contributed by atoms with van der Waals surface area (Å²) in [7, 11) is -2.09. The molecule has 0 unspecified atom stereocenters. The number of benzene rings is 2. The molecule has 0 aliphatic rings. The molecule has 0 aliphatic carbocycles. The molecule has 1 aromatic heterocycles. The first-order valence-corrected chi connectivity index (χ1v) is 9.65. The molecule has 0 spiro atoms. The van der Waals surface area contributed by atoms with Gasteiger partial charge in [-0.2, -0.15) is 0 Å². The molecule has 0 fully saturated rings. The minimum atomic E-state index is -3.63. The lowest BCUT2D eigenvalue weighted by Gasteiger charge is -2.08. The summed E-state index contributed by atoms with van der Waals surface area (Å²) < 4.78 is 35.1. The number of hydrogen-bond acceptors (Lipinski definition) is 7. The molecule has 0 radical (unpaired) electrons.